The molecule has 0 atom stereocenters. The van der Waals surface area contributed by atoms with Gasteiger partial charge in [-0.05, 0) is 12.8 Å². The summed E-state index contributed by atoms with van der Waals surface area (Å²) in [5, 5.41) is 11.3. The van der Waals surface area contributed by atoms with Gasteiger partial charge in [0.25, 0.3) is 0 Å². The molecule has 4 nitrogen and oxygen atoms in total. The predicted octanol–water partition coefficient (Wildman–Crippen LogP) is 1.91. The summed E-state index contributed by atoms with van der Waals surface area (Å²) in [6, 6.07) is 0. The fourth-order valence-electron chi connectivity index (χ4n) is 1.68. The summed E-state index contributed by atoms with van der Waals surface area (Å²) in [4.78, 5) is 14.9. The van der Waals surface area contributed by atoms with Gasteiger partial charge in [0.2, 0.25) is 0 Å². The van der Waals surface area contributed by atoms with Crippen LogP contribution in [0.4, 0.5) is 0 Å². The second kappa shape index (κ2) is 3.90. The first kappa shape index (κ1) is 10.6. The van der Waals surface area contributed by atoms with Gasteiger partial charge in [0.15, 0.2) is 5.69 Å². The van der Waals surface area contributed by atoms with E-state index in [1.54, 1.807) is 5.38 Å². The molecule has 2 rings (SSSR count). The van der Waals surface area contributed by atoms with Gasteiger partial charge in [0.05, 0.1) is 5.01 Å². The van der Waals surface area contributed by atoms with Gasteiger partial charge in [0.1, 0.15) is 0 Å². The van der Waals surface area contributed by atoms with E-state index in [9.17, 15) is 4.79 Å². The van der Waals surface area contributed by atoms with Gasteiger partial charge in [-0.1, -0.05) is 6.92 Å². The Hall–Kier alpha value is -0.940. The van der Waals surface area contributed by atoms with Crippen molar-refractivity contribution in [1.29, 1.82) is 0 Å². The van der Waals surface area contributed by atoms with Gasteiger partial charge < -0.3 is 9.84 Å². The maximum Gasteiger partial charge on any atom is 0.355 e. The molecule has 1 aliphatic heterocycles. The normalized spacial score (nSPS) is 20.1. The van der Waals surface area contributed by atoms with Gasteiger partial charge in [-0.3, -0.25) is 0 Å². The molecule has 0 radical (unpaired) electrons. The molecule has 1 N–H and O–H groups in total. The van der Waals surface area contributed by atoms with Crippen molar-refractivity contribution < 1.29 is 14.6 Å². The molecule has 0 aromatic carbocycles. The van der Waals surface area contributed by atoms with Crippen LogP contribution in [-0.4, -0.2) is 29.3 Å². The van der Waals surface area contributed by atoms with Gasteiger partial charge in [-0.25, -0.2) is 9.78 Å². The van der Waals surface area contributed by atoms with Crippen LogP contribution >= 0.6 is 11.3 Å². The van der Waals surface area contributed by atoms with E-state index in [1.807, 2.05) is 0 Å². The van der Waals surface area contributed by atoms with E-state index in [1.165, 1.54) is 11.3 Å². The number of aromatic nitrogens is 1. The average molecular weight is 227 g/mol. The SMILES string of the molecule is CC1(c2nc(C(=O)O)cs2)CCOCC1. The molecular weight excluding hydrogens is 214 g/mol. The first-order valence-electron chi connectivity index (χ1n) is 4.89. The molecule has 1 aliphatic rings. The maximum atomic E-state index is 10.7. The lowest BCUT2D eigenvalue weighted by atomic mass is 9.83. The predicted molar refractivity (Wildman–Crippen MR) is 56.5 cm³/mol. The number of nitrogens with zero attached hydrogens (tertiary/aromatic N) is 1. The van der Waals surface area contributed by atoms with Crippen LogP contribution in [-0.2, 0) is 10.2 Å². The number of carboxylic acid groups (broad SMARTS) is 1. The Balaban J connectivity index is 2.23. The number of carboxylic acids is 1. The zero-order valence-corrected chi connectivity index (χ0v) is 9.34. The van der Waals surface area contributed by atoms with E-state index in [-0.39, 0.29) is 11.1 Å². The number of ether oxygens (including phenoxy) is 1. The Morgan fingerprint density at radius 3 is 2.80 bits per heavy atom. The molecule has 0 aliphatic carbocycles. The minimum absolute atomic E-state index is 0.00336. The van der Waals surface area contributed by atoms with E-state index < -0.39 is 5.97 Å². The minimum Gasteiger partial charge on any atom is -0.476 e. The van der Waals surface area contributed by atoms with Crippen molar-refractivity contribution in [2.75, 3.05) is 13.2 Å². The van der Waals surface area contributed by atoms with Crippen molar-refractivity contribution in [2.24, 2.45) is 0 Å². The lowest BCUT2D eigenvalue weighted by Gasteiger charge is -2.31. The summed E-state index contributed by atoms with van der Waals surface area (Å²) in [5.74, 6) is -0.951. The second-order valence-electron chi connectivity index (χ2n) is 4.02. The molecule has 0 unspecified atom stereocenters. The molecular formula is C10H13NO3S. The Labute approximate surface area is 91.9 Å². The zero-order chi connectivity index (χ0) is 10.9. The molecule has 1 aromatic rings. The van der Waals surface area contributed by atoms with Crippen LogP contribution in [0.5, 0.6) is 0 Å². The highest BCUT2D eigenvalue weighted by molar-refractivity contribution is 7.10. The zero-order valence-electron chi connectivity index (χ0n) is 8.52. The highest BCUT2D eigenvalue weighted by atomic mass is 32.1. The Kier molecular flexibility index (Phi) is 2.75. The fourth-order valence-corrected chi connectivity index (χ4v) is 2.70. The summed E-state index contributed by atoms with van der Waals surface area (Å²) in [5.41, 5.74) is 0.152. The van der Waals surface area contributed by atoms with E-state index >= 15 is 0 Å². The number of rotatable bonds is 2. The van der Waals surface area contributed by atoms with Crippen LogP contribution in [0.1, 0.15) is 35.3 Å². The number of thiazole rings is 1. The third kappa shape index (κ3) is 2.03. The third-order valence-electron chi connectivity index (χ3n) is 2.84. The van der Waals surface area contributed by atoms with E-state index in [0.29, 0.717) is 0 Å². The van der Waals surface area contributed by atoms with Crippen molar-refractivity contribution >= 4 is 17.3 Å². The lowest BCUT2D eigenvalue weighted by Crippen LogP contribution is -2.30. The topological polar surface area (TPSA) is 59.4 Å². The van der Waals surface area contributed by atoms with Crippen LogP contribution in [0.3, 0.4) is 0 Å². The summed E-state index contributed by atoms with van der Waals surface area (Å²) in [7, 11) is 0. The highest BCUT2D eigenvalue weighted by Crippen LogP contribution is 2.35. The smallest absolute Gasteiger partial charge is 0.355 e. The quantitative estimate of drug-likeness (QED) is 0.838. The molecule has 0 saturated carbocycles. The van der Waals surface area contributed by atoms with Crippen LogP contribution in [0.25, 0.3) is 0 Å². The van der Waals surface area contributed by atoms with Crippen LogP contribution in [0, 0.1) is 0 Å². The number of carbonyl (C=O) groups is 1. The van der Waals surface area contributed by atoms with E-state index in [4.69, 9.17) is 9.84 Å². The second-order valence-corrected chi connectivity index (χ2v) is 4.87. The summed E-state index contributed by atoms with van der Waals surface area (Å²) < 4.78 is 5.30. The van der Waals surface area contributed by atoms with Crippen molar-refractivity contribution in [3.05, 3.63) is 16.1 Å². The Morgan fingerprint density at radius 1 is 1.60 bits per heavy atom. The molecule has 1 fully saturated rings. The van der Waals surface area contributed by atoms with Crippen LogP contribution in [0.15, 0.2) is 5.38 Å². The van der Waals surface area contributed by atoms with E-state index in [0.717, 1.165) is 31.1 Å². The van der Waals surface area contributed by atoms with Gasteiger partial charge in [0, 0.05) is 24.0 Å². The van der Waals surface area contributed by atoms with Crippen LogP contribution < -0.4 is 0 Å². The fraction of sp³-hybridized carbons (Fsp3) is 0.600. The Morgan fingerprint density at radius 2 is 2.27 bits per heavy atom. The first-order valence-corrected chi connectivity index (χ1v) is 5.77. The molecule has 1 saturated heterocycles. The van der Waals surface area contributed by atoms with Crippen molar-refractivity contribution in [2.45, 2.75) is 25.2 Å². The molecule has 15 heavy (non-hydrogen) atoms. The minimum atomic E-state index is -0.951. The summed E-state index contributed by atoms with van der Waals surface area (Å²) in [6.45, 7) is 3.59. The number of hydrogen-bond acceptors (Lipinski definition) is 4. The van der Waals surface area contributed by atoms with E-state index in [2.05, 4.69) is 11.9 Å². The number of aromatic carboxylic acids is 1. The Bertz CT molecular complexity index is 368. The van der Waals surface area contributed by atoms with Crippen molar-refractivity contribution in [3.8, 4) is 0 Å². The standard InChI is InChI=1S/C10H13NO3S/c1-10(2-4-14-5-3-10)9-11-7(6-15-9)8(12)13/h6H,2-5H2,1H3,(H,12,13). The van der Waals surface area contributed by atoms with Gasteiger partial charge >= 0.3 is 5.97 Å². The van der Waals surface area contributed by atoms with Crippen molar-refractivity contribution in [1.82, 2.24) is 4.98 Å². The van der Waals surface area contributed by atoms with Crippen molar-refractivity contribution in [3.63, 3.8) is 0 Å². The molecule has 0 spiro atoms. The molecule has 0 amide bonds. The van der Waals surface area contributed by atoms with Crippen LogP contribution in [0.2, 0.25) is 0 Å². The molecule has 2 heterocycles. The third-order valence-corrected chi connectivity index (χ3v) is 3.98. The molecule has 1 aromatic heterocycles. The lowest BCUT2D eigenvalue weighted by molar-refractivity contribution is 0.0561. The monoisotopic (exact) mass is 227 g/mol. The summed E-state index contributed by atoms with van der Waals surface area (Å²) >= 11 is 1.44. The number of hydrogen-bond donors (Lipinski definition) is 1. The molecule has 82 valence electrons. The highest BCUT2D eigenvalue weighted by Gasteiger charge is 2.32. The molecule has 0 bridgehead atoms. The van der Waals surface area contributed by atoms with Gasteiger partial charge in [-0.2, -0.15) is 0 Å². The first-order chi connectivity index (χ1) is 7.12. The largest absolute Gasteiger partial charge is 0.476 e. The maximum absolute atomic E-state index is 10.7. The van der Waals surface area contributed by atoms with Gasteiger partial charge in [-0.15, -0.1) is 11.3 Å². The summed E-state index contributed by atoms with van der Waals surface area (Å²) in [6.07, 6.45) is 1.83. The average Bonchev–Trinajstić information content (AvgIpc) is 2.68. The molecule has 5 heteroatoms.